The minimum absolute atomic E-state index is 0.419. The van der Waals surface area contributed by atoms with Crippen LogP contribution in [0.4, 0.5) is 0 Å². The quantitative estimate of drug-likeness (QED) is 0.838. The molecule has 2 N–H and O–H groups in total. The number of benzene rings is 1. The zero-order valence-electron chi connectivity index (χ0n) is 11.4. The average molecular weight is 247 g/mol. The molecule has 18 heavy (non-hydrogen) atoms. The van der Waals surface area contributed by atoms with Crippen molar-refractivity contribution in [2.24, 2.45) is 5.92 Å². The second-order valence-electron chi connectivity index (χ2n) is 5.48. The fourth-order valence-corrected chi connectivity index (χ4v) is 3.21. The van der Waals surface area contributed by atoms with E-state index < -0.39 is 5.60 Å². The molecule has 2 rings (SSSR count). The van der Waals surface area contributed by atoms with E-state index in [1.807, 2.05) is 25.2 Å². The van der Waals surface area contributed by atoms with Crippen LogP contribution in [0.3, 0.4) is 0 Å². The first kappa shape index (κ1) is 13.6. The number of hydrogen-bond donors (Lipinski definition) is 2. The maximum absolute atomic E-state index is 11.2. The van der Waals surface area contributed by atoms with E-state index in [0.717, 1.165) is 31.4 Å². The van der Waals surface area contributed by atoms with Crippen molar-refractivity contribution in [2.45, 2.75) is 44.1 Å². The van der Waals surface area contributed by atoms with Crippen molar-refractivity contribution in [1.82, 2.24) is 5.32 Å². The van der Waals surface area contributed by atoms with Crippen molar-refractivity contribution in [3.8, 4) is 0 Å². The molecule has 100 valence electrons. The smallest absolute Gasteiger partial charge is 0.0936 e. The summed E-state index contributed by atoms with van der Waals surface area (Å²) >= 11 is 0. The van der Waals surface area contributed by atoms with Crippen LogP contribution in [-0.2, 0) is 5.60 Å². The third-order valence-corrected chi connectivity index (χ3v) is 4.31. The first-order valence-electron chi connectivity index (χ1n) is 7.20. The van der Waals surface area contributed by atoms with Crippen molar-refractivity contribution >= 4 is 0 Å². The zero-order chi connectivity index (χ0) is 12.8. The summed E-state index contributed by atoms with van der Waals surface area (Å²) in [6, 6.07) is 10.2. The molecular formula is C16H25NO. The molecule has 1 aliphatic rings. The predicted molar refractivity (Wildman–Crippen MR) is 75.5 cm³/mol. The summed E-state index contributed by atoms with van der Waals surface area (Å²) in [5, 5.41) is 14.4. The number of aliphatic hydroxyl groups is 1. The highest BCUT2D eigenvalue weighted by Crippen LogP contribution is 2.41. The van der Waals surface area contributed by atoms with Crippen LogP contribution in [0.5, 0.6) is 0 Å². The van der Waals surface area contributed by atoms with Crippen molar-refractivity contribution in [1.29, 1.82) is 0 Å². The molecule has 1 aromatic carbocycles. The summed E-state index contributed by atoms with van der Waals surface area (Å²) in [5.41, 5.74) is 0.442. The normalized spacial score (nSPS) is 20.6. The molecule has 1 aromatic rings. The molecule has 1 saturated carbocycles. The first-order chi connectivity index (χ1) is 8.77. The van der Waals surface area contributed by atoms with Gasteiger partial charge in [0.05, 0.1) is 5.60 Å². The van der Waals surface area contributed by atoms with Gasteiger partial charge in [-0.2, -0.15) is 0 Å². The van der Waals surface area contributed by atoms with E-state index in [1.165, 1.54) is 19.3 Å². The molecule has 0 saturated heterocycles. The van der Waals surface area contributed by atoms with Gasteiger partial charge < -0.3 is 10.4 Å². The number of nitrogens with one attached hydrogen (secondary N) is 1. The van der Waals surface area contributed by atoms with E-state index in [-0.39, 0.29) is 0 Å². The highest BCUT2D eigenvalue weighted by atomic mass is 16.3. The molecule has 0 aliphatic heterocycles. The van der Waals surface area contributed by atoms with Crippen LogP contribution >= 0.6 is 0 Å². The lowest BCUT2D eigenvalue weighted by molar-refractivity contribution is -0.0452. The van der Waals surface area contributed by atoms with E-state index in [0.29, 0.717) is 5.92 Å². The van der Waals surface area contributed by atoms with Crippen LogP contribution in [0.15, 0.2) is 30.3 Å². The Balaban J connectivity index is 2.21. The standard InChI is InChI=1S/C16H25NO/c1-17-13-12-16(18,14-8-4-2-5-9-14)15-10-6-3-7-11-15/h2,4-5,8-9,15,17-18H,3,6-7,10-13H2,1H3. The van der Waals surface area contributed by atoms with Gasteiger partial charge in [0, 0.05) is 0 Å². The minimum Gasteiger partial charge on any atom is -0.385 e. The van der Waals surface area contributed by atoms with Crippen LogP contribution in [0.2, 0.25) is 0 Å². The summed E-state index contributed by atoms with van der Waals surface area (Å²) < 4.78 is 0. The average Bonchev–Trinajstić information content (AvgIpc) is 2.46. The van der Waals surface area contributed by atoms with Gasteiger partial charge in [-0.1, -0.05) is 49.6 Å². The molecule has 0 radical (unpaired) electrons. The lowest BCUT2D eigenvalue weighted by Crippen LogP contribution is -2.38. The summed E-state index contributed by atoms with van der Waals surface area (Å²) in [6.07, 6.45) is 6.98. The fourth-order valence-electron chi connectivity index (χ4n) is 3.21. The molecule has 2 nitrogen and oxygen atoms in total. The minimum atomic E-state index is -0.648. The molecule has 0 heterocycles. The van der Waals surface area contributed by atoms with Crippen molar-refractivity contribution in [3.63, 3.8) is 0 Å². The largest absolute Gasteiger partial charge is 0.385 e. The lowest BCUT2D eigenvalue weighted by atomic mass is 9.72. The Morgan fingerprint density at radius 3 is 2.44 bits per heavy atom. The fraction of sp³-hybridized carbons (Fsp3) is 0.625. The number of rotatable bonds is 5. The SMILES string of the molecule is CNCCC(O)(c1ccccc1)C1CCCCC1. The van der Waals surface area contributed by atoms with Gasteiger partial charge in [0.15, 0.2) is 0 Å². The summed E-state index contributed by atoms with van der Waals surface area (Å²) in [7, 11) is 1.95. The molecule has 1 aliphatic carbocycles. The molecule has 0 aromatic heterocycles. The maximum atomic E-state index is 11.2. The predicted octanol–water partition coefficient (Wildman–Crippen LogP) is 3.06. The molecule has 1 fully saturated rings. The second kappa shape index (κ2) is 6.35. The number of hydrogen-bond acceptors (Lipinski definition) is 2. The van der Waals surface area contributed by atoms with Crippen LogP contribution < -0.4 is 5.32 Å². The Morgan fingerprint density at radius 1 is 1.17 bits per heavy atom. The molecule has 0 amide bonds. The maximum Gasteiger partial charge on any atom is 0.0936 e. The Kier molecular flexibility index (Phi) is 4.79. The van der Waals surface area contributed by atoms with Gasteiger partial charge in [0.1, 0.15) is 0 Å². The Morgan fingerprint density at radius 2 is 1.83 bits per heavy atom. The third-order valence-electron chi connectivity index (χ3n) is 4.31. The molecule has 1 atom stereocenters. The van der Waals surface area contributed by atoms with Crippen molar-refractivity contribution < 1.29 is 5.11 Å². The summed E-state index contributed by atoms with van der Waals surface area (Å²) in [5.74, 6) is 0.419. The van der Waals surface area contributed by atoms with Gasteiger partial charge in [0.25, 0.3) is 0 Å². The van der Waals surface area contributed by atoms with Crippen LogP contribution in [0, 0.1) is 5.92 Å². The molecular weight excluding hydrogens is 222 g/mol. The van der Waals surface area contributed by atoms with Gasteiger partial charge in [-0.25, -0.2) is 0 Å². The highest BCUT2D eigenvalue weighted by molar-refractivity contribution is 5.23. The highest BCUT2D eigenvalue weighted by Gasteiger charge is 2.38. The van der Waals surface area contributed by atoms with E-state index in [4.69, 9.17) is 0 Å². The van der Waals surface area contributed by atoms with Gasteiger partial charge in [-0.3, -0.25) is 0 Å². The van der Waals surface area contributed by atoms with E-state index in [2.05, 4.69) is 17.4 Å². The van der Waals surface area contributed by atoms with Crippen molar-refractivity contribution in [2.75, 3.05) is 13.6 Å². The van der Waals surface area contributed by atoms with E-state index in [1.54, 1.807) is 0 Å². The summed E-state index contributed by atoms with van der Waals surface area (Å²) in [6.45, 7) is 0.863. The van der Waals surface area contributed by atoms with Crippen LogP contribution in [-0.4, -0.2) is 18.7 Å². The molecule has 1 unspecified atom stereocenters. The van der Waals surface area contributed by atoms with Gasteiger partial charge in [-0.05, 0) is 44.3 Å². The Bertz CT molecular complexity index is 345. The topological polar surface area (TPSA) is 32.3 Å². The van der Waals surface area contributed by atoms with Crippen molar-refractivity contribution in [3.05, 3.63) is 35.9 Å². The monoisotopic (exact) mass is 247 g/mol. The molecule has 0 bridgehead atoms. The first-order valence-corrected chi connectivity index (χ1v) is 7.20. The Hall–Kier alpha value is -0.860. The zero-order valence-corrected chi connectivity index (χ0v) is 11.4. The van der Waals surface area contributed by atoms with Gasteiger partial charge in [0.2, 0.25) is 0 Å². The molecule has 2 heteroatoms. The lowest BCUT2D eigenvalue weighted by Gasteiger charge is -2.39. The Labute approximate surface area is 110 Å². The third kappa shape index (κ3) is 2.93. The van der Waals surface area contributed by atoms with E-state index in [9.17, 15) is 5.11 Å². The van der Waals surface area contributed by atoms with Gasteiger partial charge in [-0.15, -0.1) is 0 Å². The summed E-state index contributed by atoms with van der Waals surface area (Å²) in [4.78, 5) is 0. The van der Waals surface area contributed by atoms with E-state index >= 15 is 0 Å². The van der Waals surface area contributed by atoms with Crippen LogP contribution in [0.25, 0.3) is 0 Å². The van der Waals surface area contributed by atoms with Gasteiger partial charge >= 0.3 is 0 Å². The second-order valence-corrected chi connectivity index (χ2v) is 5.48. The van der Waals surface area contributed by atoms with Crippen LogP contribution in [0.1, 0.15) is 44.1 Å². The molecule has 0 spiro atoms.